The van der Waals surface area contributed by atoms with Crippen LogP contribution in [0, 0.1) is 0 Å². The van der Waals surface area contributed by atoms with Gasteiger partial charge in [0, 0.05) is 11.2 Å². The second-order valence-electron chi connectivity index (χ2n) is 5.59. The molecule has 29 heavy (non-hydrogen) atoms. The molecule has 152 valence electrons. The number of pyridine rings is 1. The third kappa shape index (κ3) is 5.82. The lowest BCUT2D eigenvalue weighted by Gasteiger charge is -2.10. The van der Waals surface area contributed by atoms with E-state index in [0.29, 0.717) is 6.54 Å². The Kier molecular flexibility index (Phi) is 5.87. The van der Waals surface area contributed by atoms with E-state index in [9.17, 15) is 18.0 Å². The van der Waals surface area contributed by atoms with E-state index in [0.717, 1.165) is 12.1 Å². The smallest absolute Gasteiger partial charge is 0.439 e. The molecule has 0 saturated heterocycles. The molecule has 0 atom stereocenters. The summed E-state index contributed by atoms with van der Waals surface area (Å²) in [6.45, 7) is 2.53. The van der Waals surface area contributed by atoms with Crippen molar-refractivity contribution in [2.45, 2.75) is 19.8 Å². The van der Waals surface area contributed by atoms with Gasteiger partial charge in [-0.15, -0.1) is 22.5 Å². The third-order valence-electron chi connectivity index (χ3n) is 3.45. The number of carbonyl (C=O) groups is 1. The molecule has 0 radical (unpaired) electrons. The number of amides is 1. The van der Waals surface area contributed by atoms with E-state index in [1.54, 1.807) is 11.0 Å². The number of aromatic nitrogens is 4. The first-order valence-corrected chi connectivity index (χ1v) is 8.56. The van der Waals surface area contributed by atoms with Crippen LogP contribution in [0.15, 0.2) is 49.1 Å². The van der Waals surface area contributed by atoms with Crippen molar-refractivity contribution in [1.82, 2.24) is 14.8 Å². The number of nitrogens with zero attached hydrogens (tertiary/aromatic N) is 4. The highest BCUT2D eigenvalue weighted by Gasteiger charge is 2.31. The Labute approximate surface area is 167 Å². The normalized spacial score (nSPS) is 11.2. The topological polar surface area (TPSA) is 82.2 Å². The molecule has 2 heterocycles. The zero-order chi connectivity index (χ0) is 21.0. The van der Waals surface area contributed by atoms with Crippen molar-refractivity contribution in [3.8, 4) is 17.4 Å². The molecule has 0 aliphatic carbocycles. The van der Waals surface area contributed by atoms with Crippen LogP contribution in [-0.4, -0.2) is 27.0 Å². The average Bonchev–Trinajstić information content (AvgIpc) is 3.09. The maximum Gasteiger partial charge on any atom is 0.573 e. The fourth-order valence-electron chi connectivity index (χ4n) is 2.21. The van der Waals surface area contributed by atoms with Gasteiger partial charge in [0.05, 0.1) is 5.56 Å². The number of hydrogen-bond donors (Lipinski definition) is 1. The first-order chi connectivity index (χ1) is 13.7. The van der Waals surface area contributed by atoms with Crippen LogP contribution in [0.25, 0.3) is 0 Å². The Morgan fingerprint density at radius 1 is 1.24 bits per heavy atom. The van der Waals surface area contributed by atoms with Gasteiger partial charge in [-0.3, -0.25) is 4.79 Å². The predicted octanol–water partition coefficient (Wildman–Crippen LogP) is 3.31. The number of rotatable bonds is 6. The largest absolute Gasteiger partial charge is 0.573 e. The number of halogens is 4. The lowest BCUT2D eigenvalue weighted by molar-refractivity contribution is -0.642. The van der Waals surface area contributed by atoms with Gasteiger partial charge >= 0.3 is 6.36 Å². The first-order valence-electron chi connectivity index (χ1n) is 8.18. The highest BCUT2D eigenvalue weighted by atomic mass is 35.5. The first kappa shape index (κ1) is 20.4. The molecule has 8 nitrogen and oxygen atoms in total. The Morgan fingerprint density at radius 2 is 1.93 bits per heavy atom. The second kappa shape index (κ2) is 8.35. The van der Waals surface area contributed by atoms with Crippen LogP contribution in [0.1, 0.15) is 17.3 Å². The zero-order valence-corrected chi connectivity index (χ0v) is 15.6. The molecular formula is C17H14ClF3N5O3+. The molecule has 0 aliphatic heterocycles. The lowest BCUT2D eigenvalue weighted by Crippen LogP contribution is -2.46. The molecule has 0 bridgehead atoms. The molecule has 1 aromatic carbocycles. The van der Waals surface area contributed by atoms with Gasteiger partial charge in [0.25, 0.3) is 12.2 Å². The van der Waals surface area contributed by atoms with Gasteiger partial charge in [-0.2, -0.15) is 0 Å². The van der Waals surface area contributed by atoms with Gasteiger partial charge in [0.2, 0.25) is 12.2 Å². The van der Waals surface area contributed by atoms with Crippen LogP contribution in [0.4, 0.5) is 13.2 Å². The molecule has 0 unspecified atom stereocenters. The molecule has 12 heteroatoms. The fourth-order valence-corrected chi connectivity index (χ4v) is 2.42. The van der Waals surface area contributed by atoms with E-state index in [1.807, 2.05) is 6.92 Å². The zero-order valence-electron chi connectivity index (χ0n) is 14.9. The summed E-state index contributed by atoms with van der Waals surface area (Å²) in [6.07, 6.45) is -1.78. The Hall–Kier alpha value is -3.34. The average molecular weight is 429 g/mol. The summed E-state index contributed by atoms with van der Waals surface area (Å²) < 4.78 is 48.9. The van der Waals surface area contributed by atoms with Crippen molar-refractivity contribution in [2.24, 2.45) is 0 Å². The summed E-state index contributed by atoms with van der Waals surface area (Å²) in [7, 11) is 0. The molecule has 1 amide bonds. The number of ether oxygens (including phenoxy) is 2. The minimum Gasteiger partial charge on any atom is -0.439 e. The summed E-state index contributed by atoms with van der Waals surface area (Å²) in [5.41, 5.74) is 2.75. The molecule has 0 aliphatic rings. The quantitative estimate of drug-likeness (QED) is 0.481. The number of benzene rings is 1. The maximum atomic E-state index is 12.4. The number of nitrogens with one attached hydrogen (secondary N) is 1. The van der Waals surface area contributed by atoms with E-state index in [4.69, 9.17) is 16.3 Å². The summed E-state index contributed by atoms with van der Waals surface area (Å²) in [5, 5.41) is 4.02. The van der Waals surface area contributed by atoms with Crippen LogP contribution in [0.2, 0.25) is 5.15 Å². The molecule has 3 aromatic rings. The molecule has 0 spiro atoms. The van der Waals surface area contributed by atoms with E-state index < -0.39 is 18.0 Å². The maximum absolute atomic E-state index is 12.4. The number of alkyl halides is 3. The van der Waals surface area contributed by atoms with Crippen molar-refractivity contribution in [3.63, 3.8) is 0 Å². The number of carbonyl (C=O) groups excluding carboxylic acids is 1. The van der Waals surface area contributed by atoms with Crippen molar-refractivity contribution in [3.05, 3.63) is 59.8 Å². The molecular weight excluding hydrogens is 415 g/mol. The van der Waals surface area contributed by atoms with Crippen molar-refractivity contribution in [2.75, 3.05) is 5.43 Å². The van der Waals surface area contributed by atoms with Gasteiger partial charge < -0.3 is 9.47 Å². The van der Waals surface area contributed by atoms with E-state index in [1.165, 1.54) is 35.3 Å². The van der Waals surface area contributed by atoms with Crippen LogP contribution in [0.5, 0.6) is 17.4 Å². The standard InChI is InChI=1S/C17H13ClF3N5O3/c1-2-25-10-26(9-22-25)24-16(27)11-7-14(18)23-15(8-11)28-12-3-5-13(6-4-12)29-17(19,20)21/h3-10H,2H2,1H3/p+1. The Balaban J connectivity index is 1.72. The van der Waals surface area contributed by atoms with Gasteiger partial charge in [-0.1, -0.05) is 11.6 Å². The van der Waals surface area contributed by atoms with Gasteiger partial charge in [0.15, 0.2) is 0 Å². The second-order valence-corrected chi connectivity index (χ2v) is 5.98. The summed E-state index contributed by atoms with van der Waals surface area (Å²) in [6, 6.07) is 7.38. The molecule has 0 saturated carbocycles. The van der Waals surface area contributed by atoms with Gasteiger partial charge in [-0.25, -0.2) is 10.4 Å². The molecule has 2 aromatic heterocycles. The number of aryl methyl sites for hydroxylation is 1. The minimum absolute atomic E-state index is 0.000992. The van der Waals surface area contributed by atoms with E-state index >= 15 is 0 Å². The highest BCUT2D eigenvalue weighted by molar-refractivity contribution is 6.29. The predicted molar refractivity (Wildman–Crippen MR) is 94.2 cm³/mol. The van der Waals surface area contributed by atoms with Crippen LogP contribution < -0.4 is 19.6 Å². The summed E-state index contributed by atoms with van der Waals surface area (Å²) in [4.78, 5) is 16.4. The van der Waals surface area contributed by atoms with Crippen LogP contribution in [-0.2, 0) is 6.54 Å². The SMILES string of the molecule is CCn1c[n+](NC(=O)c2cc(Cl)nc(Oc3ccc(OC(F)(F)F)cc3)c2)cn1. The number of hydrogen-bond acceptors (Lipinski definition) is 5. The highest BCUT2D eigenvalue weighted by Crippen LogP contribution is 2.27. The molecule has 1 N–H and O–H groups in total. The fraction of sp³-hybridized carbons (Fsp3) is 0.176. The van der Waals surface area contributed by atoms with Gasteiger partial charge in [-0.05, 0) is 37.3 Å². The lowest BCUT2D eigenvalue weighted by atomic mass is 10.2. The van der Waals surface area contributed by atoms with Crippen LogP contribution >= 0.6 is 11.6 Å². The Bertz CT molecular complexity index is 1010. The molecule has 3 rings (SSSR count). The van der Waals surface area contributed by atoms with Crippen molar-refractivity contribution >= 4 is 17.5 Å². The van der Waals surface area contributed by atoms with Crippen molar-refractivity contribution < 1.29 is 32.1 Å². The van der Waals surface area contributed by atoms with Gasteiger partial charge in [0.1, 0.15) is 23.2 Å². The van der Waals surface area contributed by atoms with Crippen molar-refractivity contribution in [1.29, 1.82) is 0 Å². The summed E-state index contributed by atoms with van der Waals surface area (Å²) in [5.74, 6) is -0.719. The minimum atomic E-state index is -4.79. The van der Waals surface area contributed by atoms with E-state index in [-0.39, 0.29) is 22.3 Å². The van der Waals surface area contributed by atoms with Crippen LogP contribution in [0.3, 0.4) is 0 Å². The monoisotopic (exact) mass is 428 g/mol. The van der Waals surface area contributed by atoms with E-state index in [2.05, 4.69) is 20.2 Å². The Morgan fingerprint density at radius 3 is 2.55 bits per heavy atom. The molecule has 0 fully saturated rings. The third-order valence-corrected chi connectivity index (χ3v) is 3.64. The summed E-state index contributed by atoms with van der Waals surface area (Å²) >= 11 is 5.95.